The number of carbonyl (C=O) groups is 3. The van der Waals surface area contributed by atoms with Gasteiger partial charge in [0.15, 0.2) is 6.61 Å². The number of aromatic hydroxyl groups is 1. The number of nitrogens with one attached hydrogen (secondary N) is 1. The Hall–Kier alpha value is -3.09. The standard InChI is InChI=1S/C19H20N2O5/c1-21(10-16(22)20-13-7-8-13)17(23)11-26-19(25)15-9-6-12-4-2-3-5-14(12)18(15)24/h2-6,9,13,24H,7-8,10-11H2,1H3,(H,20,22). The number of phenols is 1. The third-order valence-corrected chi connectivity index (χ3v) is 4.20. The van der Waals surface area contributed by atoms with E-state index in [2.05, 4.69) is 5.32 Å². The fourth-order valence-electron chi connectivity index (χ4n) is 2.54. The Kier molecular flexibility index (Phi) is 5.06. The first-order valence-corrected chi connectivity index (χ1v) is 8.37. The second kappa shape index (κ2) is 7.43. The van der Waals surface area contributed by atoms with Crippen LogP contribution in [0.4, 0.5) is 0 Å². The van der Waals surface area contributed by atoms with E-state index in [-0.39, 0.29) is 29.8 Å². The predicted octanol–water partition coefficient (Wildman–Crippen LogP) is 1.44. The lowest BCUT2D eigenvalue weighted by molar-refractivity contribution is -0.137. The Morgan fingerprint density at radius 3 is 2.65 bits per heavy atom. The van der Waals surface area contributed by atoms with Crippen LogP contribution in [-0.2, 0) is 14.3 Å². The number of fused-ring (bicyclic) bond motifs is 1. The van der Waals surface area contributed by atoms with Crippen molar-refractivity contribution in [3.05, 3.63) is 42.0 Å². The van der Waals surface area contributed by atoms with Gasteiger partial charge in [0, 0.05) is 18.5 Å². The summed E-state index contributed by atoms with van der Waals surface area (Å²) in [5.74, 6) is -1.71. The van der Waals surface area contributed by atoms with Crippen molar-refractivity contribution in [2.75, 3.05) is 20.2 Å². The summed E-state index contributed by atoms with van der Waals surface area (Å²) in [5.41, 5.74) is -0.00868. The highest BCUT2D eigenvalue weighted by molar-refractivity contribution is 6.01. The lowest BCUT2D eigenvalue weighted by atomic mass is 10.1. The molecule has 0 radical (unpaired) electrons. The fraction of sp³-hybridized carbons (Fsp3) is 0.316. The van der Waals surface area contributed by atoms with Crippen LogP contribution in [0.15, 0.2) is 36.4 Å². The quantitative estimate of drug-likeness (QED) is 0.764. The molecule has 1 aliphatic rings. The molecular weight excluding hydrogens is 336 g/mol. The molecule has 136 valence electrons. The maximum absolute atomic E-state index is 12.2. The predicted molar refractivity (Wildman–Crippen MR) is 94.7 cm³/mol. The fourth-order valence-corrected chi connectivity index (χ4v) is 2.54. The smallest absolute Gasteiger partial charge is 0.342 e. The minimum Gasteiger partial charge on any atom is -0.506 e. The van der Waals surface area contributed by atoms with E-state index < -0.39 is 18.5 Å². The Morgan fingerprint density at radius 1 is 1.19 bits per heavy atom. The van der Waals surface area contributed by atoms with Gasteiger partial charge in [0.1, 0.15) is 11.3 Å². The van der Waals surface area contributed by atoms with Crippen LogP contribution < -0.4 is 5.32 Å². The third-order valence-electron chi connectivity index (χ3n) is 4.20. The lowest BCUT2D eigenvalue weighted by Gasteiger charge is -2.16. The molecule has 2 amide bonds. The second-order valence-electron chi connectivity index (χ2n) is 6.35. The van der Waals surface area contributed by atoms with Gasteiger partial charge in [-0.05, 0) is 24.3 Å². The number of amides is 2. The number of hydrogen-bond acceptors (Lipinski definition) is 5. The minimum atomic E-state index is -0.794. The zero-order valence-corrected chi connectivity index (χ0v) is 14.4. The molecular formula is C19H20N2O5. The van der Waals surface area contributed by atoms with E-state index >= 15 is 0 Å². The number of benzene rings is 2. The van der Waals surface area contributed by atoms with Crippen LogP contribution in [0.3, 0.4) is 0 Å². The topological polar surface area (TPSA) is 95.9 Å². The average Bonchev–Trinajstić information content (AvgIpc) is 3.43. The van der Waals surface area contributed by atoms with Gasteiger partial charge in [0.2, 0.25) is 5.91 Å². The minimum absolute atomic E-state index is 0.00868. The first-order chi connectivity index (χ1) is 12.5. The molecule has 1 fully saturated rings. The zero-order chi connectivity index (χ0) is 18.7. The van der Waals surface area contributed by atoms with Crippen molar-refractivity contribution in [3.63, 3.8) is 0 Å². The molecule has 7 nitrogen and oxygen atoms in total. The summed E-state index contributed by atoms with van der Waals surface area (Å²) in [5, 5.41) is 14.4. The van der Waals surface area contributed by atoms with Gasteiger partial charge in [-0.3, -0.25) is 9.59 Å². The Labute approximate surface area is 150 Å². The van der Waals surface area contributed by atoms with Crippen molar-refractivity contribution in [2.45, 2.75) is 18.9 Å². The van der Waals surface area contributed by atoms with Crippen LogP contribution in [0.1, 0.15) is 23.2 Å². The molecule has 3 rings (SSSR count). The van der Waals surface area contributed by atoms with Crippen LogP contribution in [0.2, 0.25) is 0 Å². The maximum atomic E-state index is 12.2. The van der Waals surface area contributed by atoms with Crippen LogP contribution in [0.5, 0.6) is 5.75 Å². The van der Waals surface area contributed by atoms with Crippen molar-refractivity contribution in [3.8, 4) is 5.75 Å². The molecule has 0 heterocycles. The molecule has 2 N–H and O–H groups in total. The number of hydrogen-bond donors (Lipinski definition) is 2. The van der Waals surface area contributed by atoms with Crippen molar-refractivity contribution in [1.82, 2.24) is 10.2 Å². The summed E-state index contributed by atoms with van der Waals surface area (Å²) in [7, 11) is 1.47. The second-order valence-corrected chi connectivity index (χ2v) is 6.35. The molecule has 0 unspecified atom stereocenters. The van der Waals surface area contributed by atoms with E-state index in [0.29, 0.717) is 5.39 Å². The van der Waals surface area contributed by atoms with Gasteiger partial charge >= 0.3 is 5.97 Å². The number of nitrogens with zero attached hydrogens (tertiary/aromatic N) is 1. The lowest BCUT2D eigenvalue weighted by Crippen LogP contribution is -2.40. The van der Waals surface area contributed by atoms with E-state index in [4.69, 9.17) is 4.74 Å². The molecule has 0 spiro atoms. The number of phenolic OH excluding ortho intramolecular Hbond substituents is 1. The molecule has 0 aromatic heterocycles. The normalized spacial score (nSPS) is 13.3. The molecule has 0 aliphatic heterocycles. The molecule has 0 atom stereocenters. The van der Waals surface area contributed by atoms with Crippen LogP contribution in [0.25, 0.3) is 10.8 Å². The third kappa shape index (κ3) is 4.11. The summed E-state index contributed by atoms with van der Waals surface area (Å²) >= 11 is 0. The van der Waals surface area contributed by atoms with E-state index in [0.717, 1.165) is 18.2 Å². The summed E-state index contributed by atoms with van der Waals surface area (Å²) in [4.78, 5) is 37.1. The first-order valence-electron chi connectivity index (χ1n) is 8.37. The first kappa shape index (κ1) is 17.7. The average molecular weight is 356 g/mol. The SMILES string of the molecule is CN(CC(=O)NC1CC1)C(=O)COC(=O)c1ccc2ccccc2c1O. The highest BCUT2D eigenvalue weighted by Crippen LogP contribution is 2.28. The van der Waals surface area contributed by atoms with Crippen LogP contribution in [0, 0.1) is 0 Å². The van der Waals surface area contributed by atoms with E-state index in [9.17, 15) is 19.5 Å². The number of esters is 1. The molecule has 26 heavy (non-hydrogen) atoms. The van der Waals surface area contributed by atoms with Crippen LogP contribution >= 0.6 is 0 Å². The largest absolute Gasteiger partial charge is 0.506 e. The number of likely N-dealkylation sites (N-methyl/N-ethyl adjacent to an activating group) is 1. The zero-order valence-electron chi connectivity index (χ0n) is 14.4. The van der Waals surface area contributed by atoms with Gasteiger partial charge in [-0.15, -0.1) is 0 Å². The molecule has 0 bridgehead atoms. The maximum Gasteiger partial charge on any atom is 0.342 e. The Balaban J connectivity index is 1.57. The molecule has 2 aromatic rings. The monoisotopic (exact) mass is 356 g/mol. The van der Waals surface area contributed by atoms with Crippen molar-refractivity contribution in [2.24, 2.45) is 0 Å². The molecule has 1 aliphatic carbocycles. The van der Waals surface area contributed by atoms with Gasteiger partial charge < -0.3 is 20.1 Å². The molecule has 0 saturated heterocycles. The van der Waals surface area contributed by atoms with E-state index in [1.54, 1.807) is 18.2 Å². The van der Waals surface area contributed by atoms with Gasteiger partial charge in [-0.2, -0.15) is 0 Å². The summed E-state index contributed by atoms with van der Waals surface area (Å²) < 4.78 is 4.99. The van der Waals surface area contributed by atoms with E-state index in [1.165, 1.54) is 18.0 Å². The Bertz CT molecular complexity index is 860. The summed E-state index contributed by atoms with van der Waals surface area (Å²) in [6.45, 7) is -0.591. The summed E-state index contributed by atoms with van der Waals surface area (Å²) in [6, 6.07) is 10.5. The van der Waals surface area contributed by atoms with Crippen molar-refractivity contribution in [1.29, 1.82) is 0 Å². The van der Waals surface area contributed by atoms with Crippen molar-refractivity contribution >= 4 is 28.6 Å². The highest BCUT2D eigenvalue weighted by atomic mass is 16.5. The molecule has 1 saturated carbocycles. The number of carbonyl (C=O) groups excluding carboxylic acids is 3. The summed E-state index contributed by atoms with van der Waals surface area (Å²) in [6.07, 6.45) is 1.94. The number of rotatable bonds is 6. The van der Waals surface area contributed by atoms with Crippen molar-refractivity contribution < 1.29 is 24.2 Å². The van der Waals surface area contributed by atoms with E-state index in [1.807, 2.05) is 12.1 Å². The number of ether oxygens (including phenoxy) is 1. The van der Waals surface area contributed by atoms with Gasteiger partial charge in [0.05, 0.1) is 6.54 Å². The van der Waals surface area contributed by atoms with Crippen LogP contribution in [-0.4, -0.2) is 54.0 Å². The van der Waals surface area contributed by atoms with Gasteiger partial charge in [-0.1, -0.05) is 30.3 Å². The Morgan fingerprint density at radius 2 is 1.92 bits per heavy atom. The molecule has 2 aromatic carbocycles. The highest BCUT2D eigenvalue weighted by Gasteiger charge is 2.24. The van der Waals surface area contributed by atoms with Gasteiger partial charge in [0.25, 0.3) is 5.91 Å². The van der Waals surface area contributed by atoms with Gasteiger partial charge in [-0.25, -0.2) is 4.79 Å². The molecule has 7 heteroatoms.